The lowest BCUT2D eigenvalue weighted by molar-refractivity contribution is 0.131. The lowest BCUT2D eigenvalue weighted by Gasteiger charge is -2.40. The monoisotopic (exact) mass is 337 g/mol. The fourth-order valence-electron chi connectivity index (χ4n) is 3.48. The van der Waals surface area contributed by atoms with E-state index in [-0.39, 0.29) is 0 Å². The number of hydrogen-bond acceptors (Lipinski definition) is 4. The second-order valence-electron chi connectivity index (χ2n) is 6.78. The van der Waals surface area contributed by atoms with E-state index in [1.807, 2.05) is 24.3 Å². The van der Waals surface area contributed by atoms with E-state index in [0.29, 0.717) is 43.2 Å². The first-order valence-corrected chi connectivity index (χ1v) is 9.65. The highest BCUT2D eigenvalue weighted by Crippen LogP contribution is 2.41. The third-order valence-corrected chi connectivity index (χ3v) is 7.22. The molecule has 4 rings (SSSR count). The van der Waals surface area contributed by atoms with Gasteiger partial charge in [-0.25, -0.2) is 0 Å². The van der Waals surface area contributed by atoms with Gasteiger partial charge in [0.25, 0.3) is 0 Å². The third kappa shape index (κ3) is 2.60. The summed E-state index contributed by atoms with van der Waals surface area (Å²) in [5, 5.41) is 0. The van der Waals surface area contributed by atoms with Crippen LogP contribution in [0.1, 0.15) is 19.8 Å². The molecule has 1 saturated carbocycles. The third-order valence-electron chi connectivity index (χ3n) is 5.27. The molecular weight excluding hydrogens is 314 g/mol. The van der Waals surface area contributed by atoms with Gasteiger partial charge in [0.1, 0.15) is 12.4 Å². The highest BCUT2D eigenvalue weighted by molar-refractivity contribution is 7.90. The predicted octanol–water partition coefficient (Wildman–Crippen LogP) is 1.30. The van der Waals surface area contributed by atoms with Crippen molar-refractivity contribution < 1.29 is 13.2 Å². The quantitative estimate of drug-likeness (QED) is 0.834. The van der Waals surface area contributed by atoms with Crippen molar-refractivity contribution in [2.45, 2.75) is 25.3 Å². The van der Waals surface area contributed by atoms with E-state index in [1.54, 1.807) is 4.31 Å². The zero-order chi connectivity index (χ0) is 16.1. The Hall–Kier alpha value is -1.31. The number of ether oxygens (including phenoxy) is 1. The molecule has 23 heavy (non-hydrogen) atoms. The summed E-state index contributed by atoms with van der Waals surface area (Å²) in [7, 11) is -3.49. The largest absolute Gasteiger partial charge is 0.489 e. The highest BCUT2D eigenvalue weighted by atomic mass is 32.2. The molecule has 1 aromatic carbocycles. The summed E-state index contributed by atoms with van der Waals surface area (Å²) in [4.78, 5) is 2.44. The van der Waals surface area contributed by atoms with Gasteiger partial charge in [0, 0.05) is 31.7 Å². The van der Waals surface area contributed by atoms with Gasteiger partial charge in [-0.3, -0.25) is 9.21 Å². The molecule has 1 aliphatic carbocycles. The summed E-state index contributed by atoms with van der Waals surface area (Å²) in [5.41, 5.74) is 0.969. The highest BCUT2D eigenvalue weighted by Gasteiger charge is 2.45. The van der Waals surface area contributed by atoms with Crippen molar-refractivity contribution in [2.75, 3.05) is 43.6 Å². The van der Waals surface area contributed by atoms with Crippen LogP contribution in [-0.2, 0) is 10.2 Å². The molecule has 2 fully saturated rings. The van der Waals surface area contributed by atoms with Gasteiger partial charge < -0.3 is 4.74 Å². The van der Waals surface area contributed by atoms with Crippen molar-refractivity contribution in [3.8, 4) is 5.75 Å². The van der Waals surface area contributed by atoms with Gasteiger partial charge in [0.15, 0.2) is 0 Å². The summed E-state index contributed by atoms with van der Waals surface area (Å²) in [6.45, 7) is 5.82. The number of piperazine rings is 1. The normalized spacial score (nSPS) is 24.8. The van der Waals surface area contributed by atoms with Gasteiger partial charge in [0.05, 0.1) is 12.2 Å². The molecule has 6 nitrogen and oxygen atoms in total. The van der Waals surface area contributed by atoms with Crippen LogP contribution in [-0.4, -0.2) is 62.5 Å². The molecule has 0 atom stereocenters. The maximum atomic E-state index is 13.1. The first kappa shape index (κ1) is 15.2. The summed E-state index contributed by atoms with van der Waals surface area (Å²) < 4.78 is 34.8. The van der Waals surface area contributed by atoms with Crippen LogP contribution in [0.3, 0.4) is 0 Å². The molecule has 0 spiro atoms. The summed E-state index contributed by atoms with van der Waals surface area (Å²) in [5.74, 6) is 0.645. The van der Waals surface area contributed by atoms with E-state index in [4.69, 9.17) is 4.74 Å². The lowest BCUT2D eigenvalue weighted by Crippen LogP contribution is -2.56. The number of fused-ring (bicyclic) bond motifs is 1. The molecule has 0 unspecified atom stereocenters. The second kappa shape index (κ2) is 5.36. The lowest BCUT2D eigenvalue weighted by atomic mass is 10.2. The van der Waals surface area contributed by atoms with Gasteiger partial charge in [-0.15, -0.1) is 0 Å². The Balaban J connectivity index is 1.53. The van der Waals surface area contributed by atoms with E-state index in [2.05, 4.69) is 11.8 Å². The molecule has 126 valence electrons. The Kier molecular flexibility index (Phi) is 3.55. The van der Waals surface area contributed by atoms with Crippen molar-refractivity contribution in [3.05, 3.63) is 24.3 Å². The second-order valence-corrected chi connectivity index (χ2v) is 8.63. The molecule has 0 radical (unpaired) electrons. The van der Waals surface area contributed by atoms with Crippen LogP contribution in [0.5, 0.6) is 5.75 Å². The van der Waals surface area contributed by atoms with Crippen LogP contribution >= 0.6 is 0 Å². The van der Waals surface area contributed by atoms with E-state index in [0.717, 1.165) is 13.1 Å². The zero-order valence-corrected chi connectivity index (χ0v) is 14.3. The number of nitrogens with zero attached hydrogens (tertiary/aromatic N) is 3. The zero-order valence-electron chi connectivity index (χ0n) is 13.4. The van der Waals surface area contributed by atoms with Crippen molar-refractivity contribution in [1.82, 2.24) is 9.21 Å². The van der Waals surface area contributed by atoms with Crippen molar-refractivity contribution in [3.63, 3.8) is 0 Å². The Labute approximate surface area is 137 Å². The Morgan fingerprint density at radius 2 is 1.74 bits per heavy atom. The maximum absolute atomic E-state index is 13.1. The fourth-order valence-corrected chi connectivity index (χ4v) is 5.09. The van der Waals surface area contributed by atoms with Gasteiger partial charge in [-0.1, -0.05) is 12.1 Å². The number of hydrogen-bond donors (Lipinski definition) is 0. The minimum atomic E-state index is -3.49. The van der Waals surface area contributed by atoms with Crippen molar-refractivity contribution in [1.29, 1.82) is 0 Å². The molecule has 2 aliphatic heterocycles. The number of para-hydroxylation sites is 2. The molecule has 1 saturated heterocycles. The molecular formula is C16H23N3O3S. The van der Waals surface area contributed by atoms with Gasteiger partial charge in [-0.2, -0.15) is 12.7 Å². The van der Waals surface area contributed by atoms with Crippen LogP contribution in [0.15, 0.2) is 24.3 Å². The SMILES string of the molecule is CC1(N2CCN(S(=O)(=O)N3CCOc4ccccc43)CC2)CC1. The minimum absolute atomic E-state index is 0.321. The average molecular weight is 337 g/mol. The van der Waals surface area contributed by atoms with E-state index < -0.39 is 10.2 Å². The Morgan fingerprint density at radius 1 is 1.04 bits per heavy atom. The van der Waals surface area contributed by atoms with Gasteiger partial charge in [-0.05, 0) is 31.9 Å². The maximum Gasteiger partial charge on any atom is 0.304 e. The summed E-state index contributed by atoms with van der Waals surface area (Å²) in [6, 6.07) is 7.35. The van der Waals surface area contributed by atoms with Crippen LogP contribution in [0.2, 0.25) is 0 Å². The van der Waals surface area contributed by atoms with Gasteiger partial charge in [0.2, 0.25) is 0 Å². The molecule has 0 bridgehead atoms. The number of anilines is 1. The predicted molar refractivity (Wildman–Crippen MR) is 89.0 cm³/mol. The summed E-state index contributed by atoms with van der Waals surface area (Å²) in [6.07, 6.45) is 2.47. The van der Waals surface area contributed by atoms with E-state index in [9.17, 15) is 8.42 Å². The molecule has 0 aromatic heterocycles. The fraction of sp³-hybridized carbons (Fsp3) is 0.625. The topological polar surface area (TPSA) is 53.1 Å². The van der Waals surface area contributed by atoms with Crippen LogP contribution < -0.4 is 9.04 Å². The van der Waals surface area contributed by atoms with Crippen LogP contribution in [0, 0.1) is 0 Å². The van der Waals surface area contributed by atoms with Gasteiger partial charge >= 0.3 is 10.2 Å². The molecule has 2 heterocycles. The summed E-state index contributed by atoms with van der Waals surface area (Å²) >= 11 is 0. The molecule has 1 aromatic rings. The molecule has 3 aliphatic rings. The number of benzene rings is 1. The van der Waals surface area contributed by atoms with E-state index >= 15 is 0 Å². The molecule has 0 amide bonds. The van der Waals surface area contributed by atoms with E-state index in [1.165, 1.54) is 17.1 Å². The first-order chi connectivity index (χ1) is 11.0. The van der Waals surface area contributed by atoms with Crippen LogP contribution in [0.25, 0.3) is 0 Å². The standard InChI is InChI=1S/C16H23N3O3S/c1-16(6-7-16)17-8-10-18(11-9-17)23(20,21)19-12-13-22-15-5-3-2-4-14(15)19/h2-5H,6-13H2,1H3. The number of rotatable bonds is 3. The molecule has 7 heteroatoms. The smallest absolute Gasteiger partial charge is 0.304 e. The minimum Gasteiger partial charge on any atom is -0.489 e. The molecule has 0 N–H and O–H groups in total. The average Bonchev–Trinajstić information content (AvgIpc) is 3.33. The van der Waals surface area contributed by atoms with Crippen LogP contribution in [0.4, 0.5) is 5.69 Å². The first-order valence-electron chi connectivity index (χ1n) is 8.25. The Bertz CT molecular complexity index is 694. The Morgan fingerprint density at radius 3 is 2.43 bits per heavy atom. The van der Waals surface area contributed by atoms with Crippen molar-refractivity contribution >= 4 is 15.9 Å². The van der Waals surface area contributed by atoms with Crippen molar-refractivity contribution in [2.24, 2.45) is 0 Å².